The number of carbonyl (C=O) groups excluding carboxylic acids is 1. The standard InChI is InChI=1S/C33H41BrFNO4/c1-21(2)30-29(34)28(22-11-9-8-10-12-22)31(23-13-15-24(35)16-14-23)36(30)18-17-25-19-26(39-33(6,7)38-25)20-27(37)40-32(3,4)5/h8-16,21,25-26H,17-20H2,1-7H3/t25-,26-/m1/s1. The molecule has 1 aromatic heterocycles. The molecule has 4 rings (SSSR count). The quantitative estimate of drug-likeness (QED) is 0.238. The van der Waals surface area contributed by atoms with Crippen molar-refractivity contribution in [2.75, 3.05) is 0 Å². The second kappa shape index (κ2) is 12.2. The van der Waals surface area contributed by atoms with Crippen LogP contribution in [0.25, 0.3) is 22.4 Å². The molecule has 0 aliphatic carbocycles. The molecule has 7 heteroatoms. The Kier molecular flexibility index (Phi) is 9.28. The largest absolute Gasteiger partial charge is 0.460 e. The molecule has 0 amide bonds. The monoisotopic (exact) mass is 613 g/mol. The lowest BCUT2D eigenvalue weighted by Crippen LogP contribution is -2.46. The predicted octanol–water partition coefficient (Wildman–Crippen LogP) is 8.88. The van der Waals surface area contributed by atoms with E-state index in [1.54, 1.807) is 0 Å². The molecule has 40 heavy (non-hydrogen) atoms. The Balaban J connectivity index is 1.68. The number of benzene rings is 2. The molecular formula is C33H41BrFNO4. The zero-order valence-electron chi connectivity index (χ0n) is 24.6. The highest BCUT2D eigenvalue weighted by Gasteiger charge is 2.37. The van der Waals surface area contributed by atoms with Crippen molar-refractivity contribution in [1.82, 2.24) is 4.57 Å². The Bertz CT molecular complexity index is 1310. The van der Waals surface area contributed by atoms with Crippen LogP contribution in [-0.4, -0.2) is 34.1 Å². The lowest BCUT2D eigenvalue weighted by atomic mass is 10.0. The molecule has 3 aromatic rings. The summed E-state index contributed by atoms with van der Waals surface area (Å²) < 4.78 is 35.3. The third kappa shape index (κ3) is 7.42. The number of aromatic nitrogens is 1. The molecule has 1 aliphatic heterocycles. The summed E-state index contributed by atoms with van der Waals surface area (Å²) >= 11 is 3.95. The minimum absolute atomic E-state index is 0.112. The Labute approximate surface area is 246 Å². The number of halogens is 2. The van der Waals surface area contributed by atoms with Crippen LogP contribution in [0.3, 0.4) is 0 Å². The molecule has 2 heterocycles. The van der Waals surface area contributed by atoms with Crippen molar-refractivity contribution in [2.24, 2.45) is 0 Å². The topological polar surface area (TPSA) is 49.7 Å². The number of esters is 1. The smallest absolute Gasteiger partial charge is 0.308 e. The maximum atomic E-state index is 13.9. The Morgan fingerprint density at radius 1 is 1.05 bits per heavy atom. The van der Waals surface area contributed by atoms with Crippen LogP contribution in [0.15, 0.2) is 59.1 Å². The van der Waals surface area contributed by atoms with Crippen molar-refractivity contribution in [1.29, 1.82) is 0 Å². The van der Waals surface area contributed by atoms with Gasteiger partial charge in [0.05, 0.1) is 24.3 Å². The van der Waals surface area contributed by atoms with Crippen LogP contribution < -0.4 is 0 Å². The van der Waals surface area contributed by atoms with Crippen LogP contribution in [0.4, 0.5) is 4.39 Å². The Morgan fingerprint density at radius 2 is 1.68 bits per heavy atom. The van der Waals surface area contributed by atoms with E-state index in [1.807, 2.05) is 65.0 Å². The molecule has 2 atom stereocenters. The molecule has 0 unspecified atom stereocenters. The molecule has 1 aliphatic rings. The molecule has 216 valence electrons. The summed E-state index contributed by atoms with van der Waals surface area (Å²) in [6.07, 6.45) is 1.10. The Morgan fingerprint density at radius 3 is 2.27 bits per heavy atom. The van der Waals surface area contributed by atoms with E-state index in [4.69, 9.17) is 14.2 Å². The summed E-state index contributed by atoms with van der Waals surface area (Å²) in [6.45, 7) is 14.4. The molecule has 1 fully saturated rings. The van der Waals surface area contributed by atoms with E-state index in [0.29, 0.717) is 13.0 Å². The zero-order valence-corrected chi connectivity index (χ0v) is 26.2. The van der Waals surface area contributed by atoms with Gasteiger partial charge in [0.2, 0.25) is 0 Å². The first kappa shape index (κ1) is 30.5. The van der Waals surface area contributed by atoms with E-state index >= 15 is 0 Å². The van der Waals surface area contributed by atoms with Crippen molar-refractivity contribution in [3.63, 3.8) is 0 Å². The lowest BCUT2D eigenvalue weighted by Gasteiger charge is -2.41. The lowest BCUT2D eigenvalue weighted by molar-refractivity contribution is -0.301. The number of hydrogen-bond acceptors (Lipinski definition) is 4. The van der Waals surface area contributed by atoms with Crippen LogP contribution in [0.5, 0.6) is 0 Å². The summed E-state index contributed by atoms with van der Waals surface area (Å²) in [4.78, 5) is 12.6. The molecule has 0 saturated carbocycles. The van der Waals surface area contributed by atoms with Crippen LogP contribution in [-0.2, 0) is 25.5 Å². The van der Waals surface area contributed by atoms with Crippen molar-refractivity contribution < 1.29 is 23.4 Å². The number of ether oxygens (including phenoxy) is 3. The molecule has 1 saturated heterocycles. The van der Waals surface area contributed by atoms with Gasteiger partial charge >= 0.3 is 5.97 Å². The van der Waals surface area contributed by atoms with Crippen LogP contribution >= 0.6 is 15.9 Å². The van der Waals surface area contributed by atoms with Gasteiger partial charge < -0.3 is 18.8 Å². The summed E-state index contributed by atoms with van der Waals surface area (Å²) in [6, 6.07) is 17.0. The molecule has 0 bridgehead atoms. The maximum Gasteiger partial charge on any atom is 0.308 e. The average Bonchev–Trinajstić information content (AvgIpc) is 3.13. The molecule has 0 spiro atoms. The van der Waals surface area contributed by atoms with Gasteiger partial charge in [-0.2, -0.15) is 0 Å². The van der Waals surface area contributed by atoms with Crippen molar-refractivity contribution >= 4 is 21.9 Å². The van der Waals surface area contributed by atoms with Crippen molar-refractivity contribution in [3.05, 3.63) is 70.6 Å². The minimum atomic E-state index is -0.817. The minimum Gasteiger partial charge on any atom is -0.460 e. The fourth-order valence-corrected chi connectivity index (χ4v) is 6.63. The average molecular weight is 615 g/mol. The summed E-state index contributed by atoms with van der Waals surface area (Å²) in [5, 5.41) is 0. The highest BCUT2D eigenvalue weighted by atomic mass is 79.9. The Hall–Kier alpha value is -2.48. The van der Waals surface area contributed by atoms with E-state index in [2.05, 4.69) is 46.5 Å². The van der Waals surface area contributed by atoms with Crippen LogP contribution in [0.2, 0.25) is 0 Å². The van der Waals surface area contributed by atoms with Gasteiger partial charge in [-0.05, 0) is 98.3 Å². The third-order valence-corrected chi connectivity index (χ3v) is 7.69. The van der Waals surface area contributed by atoms with Crippen molar-refractivity contribution in [2.45, 2.75) is 104 Å². The first-order valence-corrected chi connectivity index (χ1v) is 14.8. The second-order valence-corrected chi connectivity index (χ2v) is 13.1. The molecule has 2 aromatic carbocycles. The molecule has 0 radical (unpaired) electrons. The van der Waals surface area contributed by atoms with Gasteiger partial charge in [0.15, 0.2) is 5.79 Å². The van der Waals surface area contributed by atoms with E-state index in [9.17, 15) is 9.18 Å². The van der Waals surface area contributed by atoms with E-state index in [-0.39, 0.29) is 36.3 Å². The fourth-order valence-electron chi connectivity index (χ4n) is 5.54. The van der Waals surface area contributed by atoms with Gasteiger partial charge in [-0.1, -0.05) is 44.2 Å². The predicted molar refractivity (Wildman–Crippen MR) is 161 cm³/mol. The first-order chi connectivity index (χ1) is 18.7. The van der Waals surface area contributed by atoms with E-state index < -0.39 is 11.4 Å². The van der Waals surface area contributed by atoms with E-state index in [1.165, 1.54) is 17.8 Å². The fraction of sp³-hybridized carbons (Fsp3) is 0.485. The van der Waals surface area contributed by atoms with Gasteiger partial charge in [0.25, 0.3) is 0 Å². The number of carbonyl (C=O) groups is 1. The summed E-state index contributed by atoms with van der Waals surface area (Å²) in [5.74, 6) is -1.11. The maximum absolute atomic E-state index is 13.9. The molecular weight excluding hydrogens is 573 g/mol. The van der Waals surface area contributed by atoms with Gasteiger partial charge in [-0.3, -0.25) is 4.79 Å². The summed E-state index contributed by atoms with van der Waals surface area (Å²) in [7, 11) is 0. The molecule has 0 N–H and O–H groups in total. The van der Waals surface area contributed by atoms with Crippen molar-refractivity contribution in [3.8, 4) is 22.4 Å². The molecule has 5 nitrogen and oxygen atoms in total. The SMILES string of the molecule is CC(C)c1c(Br)c(-c2ccccc2)c(-c2ccc(F)cc2)n1CC[C@@H]1C[C@H](CC(=O)OC(C)(C)C)OC(C)(C)O1. The summed E-state index contributed by atoms with van der Waals surface area (Å²) in [5.41, 5.74) is 4.80. The van der Waals surface area contributed by atoms with Gasteiger partial charge in [0.1, 0.15) is 11.4 Å². The second-order valence-electron chi connectivity index (χ2n) is 12.3. The number of nitrogens with zero attached hydrogens (tertiary/aromatic N) is 1. The normalized spacial score (nSPS) is 19.1. The van der Waals surface area contributed by atoms with Crippen LogP contribution in [0.1, 0.15) is 79.3 Å². The highest BCUT2D eigenvalue weighted by Crippen LogP contribution is 2.45. The van der Waals surface area contributed by atoms with Gasteiger partial charge in [0, 0.05) is 28.7 Å². The van der Waals surface area contributed by atoms with Gasteiger partial charge in [-0.25, -0.2) is 4.39 Å². The zero-order chi connectivity index (χ0) is 29.2. The van der Waals surface area contributed by atoms with Crippen LogP contribution in [0, 0.1) is 5.82 Å². The number of hydrogen-bond donors (Lipinski definition) is 0. The number of rotatable bonds is 8. The van der Waals surface area contributed by atoms with E-state index in [0.717, 1.165) is 33.3 Å². The highest BCUT2D eigenvalue weighted by molar-refractivity contribution is 9.10. The van der Waals surface area contributed by atoms with Gasteiger partial charge in [-0.15, -0.1) is 0 Å². The first-order valence-electron chi connectivity index (χ1n) is 14.0. The third-order valence-electron chi connectivity index (χ3n) is 6.88.